The van der Waals surface area contributed by atoms with Gasteiger partial charge in [-0.25, -0.2) is 34.4 Å². The number of nitrogens with zero attached hydrogens (tertiary/aromatic N) is 3. The molecule has 40 heteroatoms. The van der Waals surface area contributed by atoms with E-state index in [2.05, 4.69) is 68.7 Å². The Balaban J connectivity index is 0.00000117. The molecule has 0 fully saturated rings. The highest BCUT2D eigenvalue weighted by molar-refractivity contribution is 8.19. The first kappa shape index (κ1) is 92.1. The molecule has 0 atom stereocenters. The van der Waals surface area contributed by atoms with Gasteiger partial charge in [0, 0.05) is 13.7 Å². The molecule has 4 aromatic carbocycles. The van der Waals surface area contributed by atoms with E-state index in [-0.39, 0.29) is 22.2 Å². The van der Waals surface area contributed by atoms with E-state index in [4.69, 9.17) is 35.7 Å². The third kappa shape index (κ3) is 37.5. The number of alkyl halides is 9. The fourth-order valence-electron chi connectivity index (χ4n) is 8.51. The van der Waals surface area contributed by atoms with Gasteiger partial charge in [-0.15, -0.1) is 0 Å². The van der Waals surface area contributed by atoms with Crippen molar-refractivity contribution in [1.82, 2.24) is 4.57 Å². The Morgan fingerprint density at radius 1 is 0.458 bits per heavy atom. The molecule has 0 aliphatic heterocycles. The van der Waals surface area contributed by atoms with Crippen LogP contribution >= 0.6 is 25.4 Å². The van der Waals surface area contributed by atoms with Crippen molar-refractivity contribution in [3.63, 3.8) is 0 Å². The van der Waals surface area contributed by atoms with Gasteiger partial charge in [-0.05, 0) is 94.0 Å². The van der Waals surface area contributed by atoms with Gasteiger partial charge < -0.3 is 22.3 Å². The summed E-state index contributed by atoms with van der Waals surface area (Å²) < 4.78 is 291. The van der Waals surface area contributed by atoms with Crippen molar-refractivity contribution in [1.29, 1.82) is 0 Å². The molecule has 0 amide bonds. The largest absolute Gasteiger partial charge is 0.741 e. The van der Waals surface area contributed by atoms with Crippen molar-refractivity contribution in [3.8, 4) is 0 Å². The number of sulfonamides is 2. The Kier molecular flexibility index (Phi) is 40.0. The van der Waals surface area contributed by atoms with Crippen LogP contribution in [0.15, 0.2) is 139 Å². The van der Waals surface area contributed by atoms with Crippen LogP contribution < -0.4 is 20.5 Å². The summed E-state index contributed by atoms with van der Waals surface area (Å²) in [6.45, 7) is 12.3. The Morgan fingerprint density at radius 2 is 0.781 bits per heavy atom. The highest BCUT2D eigenvalue weighted by Gasteiger charge is 2.48. The summed E-state index contributed by atoms with van der Waals surface area (Å²) in [6, 6.07) is 37.3. The minimum atomic E-state index is -6.72. The van der Waals surface area contributed by atoms with Crippen LogP contribution in [0.4, 0.5) is 39.5 Å². The number of halogens is 9. The highest BCUT2D eigenvalue weighted by atomic mass is 32.3. The zero-order chi connectivity index (χ0) is 74.2. The van der Waals surface area contributed by atoms with E-state index in [9.17, 15) is 86.2 Å². The van der Waals surface area contributed by atoms with Crippen LogP contribution in [-0.4, -0.2) is 152 Å². The first-order valence-electron chi connectivity index (χ1n) is 29.1. The molecule has 0 saturated carbocycles. The van der Waals surface area contributed by atoms with Crippen molar-refractivity contribution in [2.24, 2.45) is 0 Å². The summed E-state index contributed by atoms with van der Waals surface area (Å²) in [4.78, 5) is 0.156. The van der Waals surface area contributed by atoms with Crippen molar-refractivity contribution >= 4 is 102 Å². The topological polar surface area (TPSA) is 372 Å². The number of rotatable bonds is 30. The fourth-order valence-corrected chi connectivity index (χ4v) is 22.1. The number of hydrogen-bond acceptors (Lipinski definition) is 16. The second-order valence-electron chi connectivity index (χ2n) is 21.1. The highest BCUT2D eigenvalue weighted by Crippen LogP contribution is 2.61. The van der Waals surface area contributed by atoms with Crippen molar-refractivity contribution in [3.05, 3.63) is 144 Å². The molecule has 0 bridgehead atoms. The van der Waals surface area contributed by atoms with Gasteiger partial charge >= 0.3 is 16.5 Å². The van der Waals surface area contributed by atoms with E-state index in [1.807, 2.05) is 84.8 Å². The first-order chi connectivity index (χ1) is 43.9. The normalized spacial score (nSPS) is 13.0. The van der Waals surface area contributed by atoms with E-state index < -0.39 is 102 Å². The van der Waals surface area contributed by atoms with Gasteiger partial charge in [0.05, 0.1) is 66.1 Å². The Bertz CT molecular complexity index is 3570. The second-order valence-corrected chi connectivity index (χ2v) is 40.3. The van der Waals surface area contributed by atoms with Gasteiger partial charge in [0.2, 0.25) is 6.33 Å². The Hall–Kier alpha value is -3.95. The molecule has 552 valence electrons. The van der Waals surface area contributed by atoms with Gasteiger partial charge in [0.1, 0.15) is 46.4 Å². The number of unbranched alkanes of at least 4 members (excludes halogenated alkanes) is 4. The standard InChI is InChI=1S/C21H21O3PS.C15H33O3PS.C10H18N2O3S.C7H10O3S.C2F6NO4S2.CHF3O3S/c22-26(23,24)18-10-17-25(19-11-4-1-5-12-19,20-13-6-2-7-14-20)21-15-8-3-9-16-21;1-4-7-11-19(12-8-5-2,13-9-6-3)14-10-15-20(16,17)18;1-2-3-5-11-7-8-12(10-11)6-4-9-16(13,14)15;1-6-2-4-7(5-3-6)11(8,9)10;3-1(4,5)14(10,11)9-15(12,13)2(6,7)8;2-1(3,4)8(5,6)7/h1-9,11-16H,10,17-18H2;4-15H2,1-3H3;7-8,10H,2-6,9H2,1H3;2-5,8-10H,1H3;;(H,5,6,7)/q;;;;-1;/p+2. The lowest BCUT2D eigenvalue weighted by atomic mass is 10.2. The lowest BCUT2D eigenvalue weighted by Crippen LogP contribution is -2.33. The minimum Gasteiger partial charge on any atom is -0.741 e. The molecule has 5 aromatic rings. The first-order valence-corrected chi connectivity index (χ1v) is 44.3. The van der Waals surface area contributed by atoms with Crippen molar-refractivity contribution in [2.45, 2.75) is 140 Å². The predicted molar refractivity (Wildman–Crippen MR) is 358 cm³/mol. The quantitative estimate of drug-likeness (QED) is 0.00817. The molecule has 22 nitrogen and oxygen atoms in total. The molecule has 0 radical (unpaired) electrons. The summed E-state index contributed by atoms with van der Waals surface area (Å²) in [5, 5.41) is 3.65. The zero-order valence-electron chi connectivity index (χ0n) is 53.0. The smallest absolute Gasteiger partial charge is 0.485 e. The number of hydrogen-bond donors (Lipinski definition) is 6. The molecule has 96 heavy (non-hydrogen) atoms. The van der Waals surface area contributed by atoms with E-state index >= 15 is 0 Å². The molecule has 0 saturated heterocycles. The molecule has 1 heterocycles. The Labute approximate surface area is 560 Å². The van der Waals surface area contributed by atoms with Gasteiger partial charge in [-0.2, -0.15) is 64.8 Å². The predicted octanol–water partition coefficient (Wildman–Crippen LogP) is 12.5. The summed E-state index contributed by atoms with van der Waals surface area (Å²) in [5.74, 6) is -0.458. The van der Waals surface area contributed by atoms with Crippen molar-refractivity contribution < 1.29 is 126 Å². The SMILES string of the molecule is CCCC[P+](CCCC)(CCCC)CCCS(=O)(=O)O.CCCCn1cc[n+](CCCS(=O)(=O)O)c1.Cc1ccc(S(O)(O)O)cc1.O=S(=O)(O)CCC[P+](c1ccccc1)(c1ccccc1)c1ccccc1.O=S(=O)([N-]S(=O)(=O)C(F)(F)F)C(F)(F)F.O=S(=O)([O-])C(F)(F)F. The second kappa shape index (κ2) is 41.7. The van der Waals surface area contributed by atoms with Crippen LogP contribution in [-0.2, 0) is 73.6 Å². The van der Waals surface area contributed by atoms with Crippen LogP contribution in [0.5, 0.6) is 0 Å². The fraction of sp³-hybridized carbons (Fsp3) is 0.518. The van der Waals surface area contributed by atoms with Gasteiger partial charge in [0.15, 0.2) is 30.2 Å². The number of aryl methyl sites for hydroxylation is 3. The lowest BCUT2D eigenvalue weighted by Gasteiger charge is -2.28. The minimum absolute atomic E-state index is 0.0564. The monoisotopic (exact) mass is 1560 g/mol. The van der Waals surface area contributed by atoms with Gasteiger partial charge in [-0.3, -0.25) is 13.7 Å². The van der Waals surface area contributed by atoms with Crippen LogP contribution in [0.1, 0.15) is 104 Å². The van der Waals surface area contributed by atoms with Gasteiger partial charge in [0.25, 0.3) is 30.4 Å². The lowest BCUT2D eigenvalue weighted by molar-refractivity contribution is -0.696. The zero-order valence-corrected chi connectivity index (χ0v) is 60.5. The third-order valence-electron chi connectivity index (χ3n) is 13.2. The van der Waals surface area contributed by atoms with E-state index in [1.165, 1.54) is 85.1 Å². The molecule has 5 rings (SSSR count). The maximum Gasteiger partial charge on any atom is 0.485 e. The molecule has 0 unspecified atom stereocenters. The van der Waals surface area contributed by atoms with Crippen LogP contribution in [0.25, 0.3) is 4.13 Å². The summed E-state index contributed by atoms with van der Waals surface area (Å²) >= 11 is 0. The number of benzene rings is 4. The molecule has 1 aromatic heterocycles. The Morgan fingerprint density at radius 3 is 1.08 bits per heavy atom. The average Bonchev–Trinajstić information content (AvgIpc) is 0.825. The molecular formula is C56H85F9N3O19P2S7+. The van der Waals surface area contributed by atoms with Gasteiger partial charge in [-0.1, -0.05) is 126 Å². The van der Waals surface area contributed by atoms with Crippen LogP contribution in [0, 0.1) is 6.92 Å². The van der Waals surface area contributed by atoms with Crippen LogP contribution in [0.3, 0.4) is 0 Å². The summed E-state index contributed by atoms with van der Waals surface area (Å²) in [5.41, 5.74) is -17.0. The van der Waals surface area contributed by atoms with E-state index in [0.717, 1.165) is 35.2 Å². The third-order valence-corrected chi connectivity index (χ3v) is 29.4. The van der Waals surface area contributed by atoms with E-state index in [0.29, 0.717) is 32.0 Å². The molecule has 0 aliphatic carbocycles. The van der Waals surface area contributed by atoms with E-state index in [1.54, 1.807) is 12.1 Å². The number of imidazole rings is 1. The molecule has 0 aliphatic rings. The van der Waals surface area contributed by atoms with Crippen LogP contribution in [0.2, 0.25) is 0 Å². The summed E-state index contributed by atoms with van der Waals surface area (Å²) in [6.07, 6.45) is 22.8. The number of aromatic nitrogens is 2. The maximum atomic E-state index is 11.4. The molecule has 0 spiro atoms. The molecular weight excluding hydrogens is 1480 g/mol. The molecule has 6 N–H and O–H groups in total. The van der Waals surface area contributed by atoms with Crippen molar-refractivity contribution in [2.75, 3.05) is 48.1 Å². The maximum absolute atomic E-state index is 11.4. The summed E-state index contributed by atoms with van der Waals surface area (Å²) in [7, 11) is -37.7. The average molecular weight is 1560 g/mol.